The third kappa shape index (κ3) is 3.80. The van der Waals surface area contributed by atoms with Gasteiger partial charge in [0.15, 0.2) is 0 Å². The molecule has 1 radical (unpaired) electrons. The highest BCUT2D eigenvalue weighted by Crippen LogP contribution is 2.31. The number of aliphatic hydroxyl groups is 1. The minimum Gasteiger partial charge on any atom is -0.391 e. The first-order valence-corrected chi connectivity index (χ1v) is 6.57. The molecule has 0 saturated carbocycles. The molecule has 3 heteroatoms. The van der Waals surface area contributed by atoms with Crippen molar-refractivity contribution in [3.8, 4) is 0 Å². The average molecular weight is 250 g/mol. The Kier molecular flexibility index (Phi) is 5.32. The van der Waals surface area contributed by atoms with Crippen molar-refractivity contribution in [2.45, 2.75) is 58.2 Å². The lowest BCUT2D eigenvalue weighted by Gasteiger charge is -2.37. The van der Waals surface area contributed by atoms with Crippen LogP contribution in [0.4, 0.5) is 0 Å². The molecule has 2 atom stereocenters. The van der Waals surface area contributed by atoms with Crippen LogP contribution >= 0.6 is 0 Å². The van der Waals surface area contributed by atoms with Crippen LogP contribution < -0.4 is 0 Å². The lowest BCUT2D eigenvalue weighted by molar-refractivity contribution is -0.259. The summed E-state index contributed by atoms with van der Waals surface area (Å²) >= 11 is 0. The fraction of sp³-hybridized carbons (Fsp3) is 0.600. The smallest absolute Gasteiger partial charge is 0.0897 e. The first-order valence-electron chi connectivity index (χ1n) is 6.57. The minimum absolute atomic E-state index is 0.494. The maximum Gasteiger partial charge on any atom is 0.0897 e. The van der Waals surface area contributed by atoms with Gasteiger partial charge in [-0.15, -0.1) is 10.3 Å². The number of hydroxylamine groups is 2. The molecule has 0 aliphatic carbocycles. The Morgan fingerprint density at radius 3 is 2.22 bits per heavy atom. The van der Waals surface area contributed by atoms with Crippen molar-refractivity contribution in [1.82, 2.24) is 5.06 Å². The van der Waals surface area contributed by atoms with Gasteiger partial charge in [0.1, 0.15) is 0 Å². The van der Waals surface area contributed by atoms with E-state index in [1.807, 2.05) is 58.0 Å². The number of hydrogen-bond donors (Lipinski definition) is 1. The van der Waals surface area contributed by atoms with E-state index in [1.165, 1.54) is 0 Å². The molecule has 0 bridgehead atoms. The highest BCUT2D eigenvalue weighted by molar-refractivity contribution is 5.20. The summed E-state index contributed by atoms with van der Waals surface area (Å²) in [6, 6.07) is 9.03. The lowest BCUT2D eigenvalue weighted by atomic mass is 9.94. The van der Waals surface area contributed by atoms with Gasteiger partial charge < -0.3 is 5.11 Å². The Morgan fingerprint density at radius 1 is 1.22 bits per heavy atom. The van der Waals surface area contributed by atoms with Crippen molar-refractivity contribution in [1.29, 1.82) is 0 Å². The van der Waals surface area contributed by atoms with E-state index < -0.39 is 17.7 Å². The van der Waals surface area contributed by atoms with E-state index in [0.29, 0.717) is 6.42 Å². The van der Waals surface area contributed by atoms with Crippen LogP contribution in [0.5, 0.6) is 0 Å². The lowest BCUT2D eigenvalue weighted by Crippen LogP contribution is -2.44. The molecular weight excluding hydrogens is 226 g/mol. The molecule has 18 heavy (non-hydrogen) atoms. The van der Waals surface area contributed by atoms with Crippen molar-refractivity contribution in [3.63, 3.8) is 0 Å². The maximum atomic E-state index is 12.4. The van der Waals surface area contributed by atoms with Crippen molar-refractivity contribution in [3.05, 3.63) is 35.9 Å². The van der Waals surface area contributed by atoms with E-state index in [-0.39, 0.29) is 0 Å². The van der Waals surface area contributed by atoms with Crippen LogP contribution in [0, 0.1) is 0 Å². The zero-order valence-electron chi connectivity index (χ0n) is 11.8. The minimum atomic E-state index is -0.630. The van der Waals surface area contributed by atoms with Crippen LogP contribution in [0.1, 0.15) is 52.1 Å². The summed E-state index contributed by atoms with van der Waals surface area (Å²) in [5, 5.41) is 23.7. The SMILES string of the molecule is CCCC(O)C(c1ccccc1)N([O])C(C)(C)C. The second-order valence-electron chi connectivity index (χ2n) is 5.71. The third-order valence-corrected chi connectivity index (χ3v) is 3.00. The van der Waals surface area contributed by atoms with Crippen molar-refractivity contribution < 1.29 is 10.3 Å². The van der Waals surface area contributed by atoms with Gasteiger partial charge in [-0.2, -0.15) is 0 Å². The molecule has 0 aliphatic rings. The average Bonchev–Trinajstić information content (AvgIpc) is 2.29. The van der Waals surface area contributed by atoms with Gasteiger partial charge in [-0.25, -0.2) is 0 Å². The summed E-state index contributed by atoms with van der Waals surface area (Å²) in [4.78, 5) is 0. The van der Waals surface area contributed by atoms with Gasteiger partial charge in [-0.05, 0) is 32.8 Å². The van der Waals surface area contributed by atoms with E-state index >= 15 is 0 Å². The Hall–Kier alpha value is -0.900. The van der Waals surface area contributed by atoms with Gasteiger partial charge in [0.25, 0.3) is 0 Å². The quantitative estimate of drug-likeness (QED) is 0.814. The van der Waals surface area contributed by atoms with Crippen molar-refractivity contribution in [2.24, 2.45) is 0 Å². The normalized spacial score (nSPS) is 15.7. The highest BCUT2D eigenvalue weighted by atomic mass is 16.5. The van der Waals surface area contributed by atoms with Crippen LogP contribution in [0.3, 0.4) is 0 Å². The second-order valence-corrected chi connectivity index (χ2v) is 5.71. The van der Waals surface area contributed by atoms with E-state index in [2.05, 4.69) is 0 Å². The fourth-order valence-corrected chi connectivity index (χ4v) is 2.03. The van der Waals surface area contributed by atoms with Crippen LogP contribution in [0.25, 0.3) is 0 Å². The molecule has 0 heterocycles. The van der Waals surface area contributed by atoms with Crippen LogP contribution in [-0.2, 0) is 5.21 Å². The molecule has 1 rings (SSSR count). The van der Waals surface area contributed by atoms with Gasteiger partial charge >= 0.3 is 0 Å². The predicted molar refractivity (Wildman–Crippen MR) is 72.4 cm³/mol. The molecule has 2 unspecified atom stereocenters. The summed E-state index contributed by atoms with van der Waals surface area (Å²) in [6.45, 7) is 7.62. The fourth-order valence-electron chi connectivity index (χ4n) is 2.03. The number of nitrogens with zero attached hydrogens (tertiary/aromatic N) is 1. The molecule has 0 amide bonds. The Morgan fingerprint density at radius 2 is 1.78 bits per heavy atom. The first-order chi connectivity index (χ1) is 8.38. The number of hydrogen-bond acceptors (Lipinski definition) is 2. The highest BCUT2D eigenvalue weighted by Gasteiger charge is 2.34. The topological polar surface area (TPSA) is 43.4 Å². The monoisotopic (exact) mass is 250 g/mol. The first kappa shape index (κ1) is 15.2. The van der Waals surface area contributed by atoms with Gasteiger partial charge in [0.2, 0.25) is 0 Å². The van der Waals surface area contributed by atoms with Gasteiger partial charge in [0.05, 0.1) is 12.1 Å². The second kappa shape index (κ2) is 6.32. The molecular formula is C15H24NO2. The van der Waals surface area contributed by atoms with Crippen LogP contribution in [-0.4, -0.2) is 21.8 Å². The molecule has 0 saturated heterocycles. The molecule has 3 nitrogen and oxygen atoms in total. The zero-order valence-corrected chi connectivity index (χ0v) is 11.8. The third-order valence-electron chi connectivity index (χ3n) is 3.00. The number of benzene rings is 1. The standard InChI is InChI=1S/C15H24NO2/c1-5-9-13(17)14(16(18)15(2,3)4)12-10-7-6-8-11-12/h6-8,10-11,13-14,17H,5,9H2,1-4H3. The Bertz CT molecular complexity index is 345. The van der Waals surface area contributed by atoms with E-state index in [1.54, 1.807) is 0 Å². The largest absolute Gasteiger partial charge is 0.391 e. The van der Waals surface area contributed by atoms with Gasteiger partial charge in [-0.3, -0.25) is 0 Å². The van der Waals surface area contributed by atoms with Crippen molar-refractivity contribution >= 4 is 0 Å². The van der Waals surface area contributed by atoms with Crippen LogP contribution in [0.15, 0.2) is 30.3 Å². The zero-order chi connectivity index (χ0) is 13.8. The van der Waals surface area contributed by atoms with Crippen LogP contribution in [0.2, 0.25) is 0 Å². The van der Waals surface area contributed by atoms with E-state index in [0.717, 1.165) is 17.0 Å². The number of aliphatic hydroxyl groups excluding tert-OH is 1. The van der Waals surface area contributed by atoms with E-state index in [9.17, 15) is 10.3 Å². The Balaban J connectivity index is 3.03. The molecule has 0 fully saturated rings. The Labute approximate surface area is 110 Å². The molecule has 0 aliphatic heterocycles. The molecule has 0 aromatic heterocycles. The summed E-state index contributed by atoms with van der Waals surface area (Å²) < 4.78 is 0. The molecule has 1 aromatic rings. The predicted octanol–water partition coefficient (Wildman–Crippen LogP) is 3.33. The molecule has 0 spiro atoms. The summed E-state index contributed by atoms with van der Waals surface area (Å²) in [7, 11) is 0. The summed E-state index contributed by atoms with van der Waals surface area (Å²) in [6.07, 6.45) is 0.866. The van der Waals surface area contributed by atoms with Gasteiger partial charge in [0, 0.05) is 5.54 Å². The molecule has 1 aromatic carbocycles. The van der Waals surface area contributed by atoms with Crippen molar-refractivity contribution in [2.75, 3.05) is 0 Å². The summed E-state index contributed by atoms with van der Waals surface area (Å²) in [5.41, 5.74) is 0.360. The molecule has 101 valence electrons. The van der Waals surface area contributed by atoms with E-state index in [4.69, 9.17) is 0 Å². The summed E-state index contributed by atoms with van der Waals surface area (Å²) in [5.74, 6) is 0. The molecule has 1 N–H and O–H groups in total. The maximum absolute atomic E-state index is 12.4. The number of rotatable bonds is 5. The van der Waals surface area contributed by atoms with Gasteiger partial charge in [-0.1, -0.05) is 43.7 Å².